The number of likely N-dealkylation sites (N-methyl/N-ethyl adjacent to an activating group) is 1. The minimum atomic E-state index is -3.72. The average Bonchev–Trinajstić information content (AvgIpc) is 3.44. The van der Waals surface area contributed by atoms with Gasteiger partial charge in [0.2, 0.25) is 5.91 Å². The lowest BCUT2D eigenvalue weighted by Gasteiger charge is -2.35. The van der Waals surface area contributed by atoms with Crippen molar-refractivity contribution in [2.75, 3.05) is 38.0 Å². The molecule has 1 aliphatic carbocycles. The number of hydrogen-bond donors (Lipinski definition) is 2. The molecule has 10 heteroatoms. The molecule has 38 heavy (non-hydrogen) atoms. The number of nitrogens with zero attached hydrogens (tertiary/aromatic N) is 2. The minimum absolute atomic E-state index is 0.0321. The highest BCUT2D eigenvalue weighted by Crippen LogP contribution is 2.31. The zero-order valence-electron chi connectivity index (χ0n) is 22.6. The third-order valence-corrected chi connectivity index (χ3v) is 10.5. The number of ether oxygens (including phenoxy) is 1. The highest BCUT2D eigenvalue weighted by molar-refractivity contribution is 7.94. The van der Waals surface area contributed by atoms with Gasteiger partial charge in [-0.2, -0.15) is 0 Å². The van der Waals surface area contributed by atoms with Crippen molar-refractivity contribution in [1.29, 1.82) is 0 Å². The quantitative estimate of drug-likeness (QED) is 0.474. The minimum Gasteiger partial charge on any atom is -0.488 e. The van der Waals surface area contributed by atoms with E-state index in [-0.39, 0.29) is 41.2 Å². The number of rotatable bonds is 9. The summed E-state index contributed by atoms with van der Waals surface area (Å²) in [5.41, 5.74) is 1.01. The van der Waals surface area contributed by atoms with Gasteiger partial charge in [0.15, 0.2) is 0 Å². The van der Waals surface area contributed by atoms with E-state index in [9.17, 15) is 18.3 Å². The molecule has 1 saturated carbocycles. The number of carbonyl (C=O) groups excluding carboxylic acids is 1. The van der Waals surface area contributed by atoms with Crippen LogP contribution in [0.2, 0.25) is 0 Å². The van der Waals surface area contributed by atoms with Gasteiger partial charge in [0.05, 0.1) is 19.1 Å². The van der Waals surface area contributed by atoms with Crippen molar-refractivity contribution in [2.45, 2.75) is 68.7 Å². The van der Waals surface area contributed by atoms with E-state index in [1.54, 1.807) is 40.6 Å². The molecule has 3 atom stereocenters. The number of benzene rings is 1. The van der Waals surface area contributed by atoms with Gasteiger partial charge in [-0.1, -0.05) is 32.3 Å². The molecule has 1 aromatic carbocycles. The molecule has 2 N–H and O–H groups in total. The van der Waals surface area contributed by atoms with Gasteiger partial charge in [-0.05, 0) is 62.4 Å². The molecule has 1 amide bonds. The van der Waals surface area contributed by atoms with Crippen LogP contribution in [0.3, 0.4) is 0 Å². The molecule has 2 aromatic rings. The maximum Gasteiger partial charge on any atom is 0.271 e. The fourth-order valence-electron chi connectivity index (χ4n) is 5.52. The van der Waals surface area contributed by atoms with Crippen LogP contribution in [0.1, 0.15) is 51.5 Å². The van der Waals surface area contributed by atoms with Gasteiger partial charge in [0.25, 0.3) is 10.0 Å². The van der Waals surface area contributed by atoms with E-state index in [1.807, 2.05) is 6.92 Å². The molecule has 4 rings (SSSR count). The van der Waals surface area contributed by atoms with Crippen molar-refractivity contribution in [3.05, 3.63) is 41.3 Å². The van der Waals surface area contributed by atoms with Crippen molar-refractivity contribution in [3.8, 4) is 5.75 Å². The summed E-state index contributed by atoms with van der Waals surface area (Å²) in [5, 5.41) is 11.6. The van der Waals surface area contributed by atoms with E-state index < -0.39 is 10.0 Å². The zero-order valence-corrected chi connectivity index (χ0v) is 24.3. The molecule has 0 bridgehead atoms. The number of aliphatic hydroxyl groups is 1. The van der Waals surface area contributed by atoms with Crippen LogP contribution in [0, 0.1) is 11.8 Å². The Bertz CT molecular complexity index is 1170. The second-order valence-electron chi connectivity index (χ2n) is 11.0. The normalized spacial score (nSPS) is 22.2. The summed E-state index contributed by atoms with van der Waals surface area (Å²) in [6.45, 7) is 6.05. The summed E-state index contributed by atoms with van der Waals surface area (Å²) < 4.78 is 35.0. The Morgan fingerprint density at radius 2 is 1.97 bits per heavy atom. The molecule has 1 aliphatic heterocycles. The van der Waals surface area contributed by atoms with Crippen molar-refractivity contribution in [2.24, 2.45) is 11.8 Å². The molecule has 1 fully saturated rings. The fourth-order valence-corrected chi connectivity index (χ4v) is 7.57. The number of fused-ring (bicyclic) bond motifs is 1. The monoisotopic (exact) mass is 563 g/mol. The third kappa shape index (κ3) is 7.28. The van der Waals surface area contributed by atoms with Crippen LogP contribution >= 0.6 is 11.3 Å². The molecule has 2 aliphatic rings. The number of amides is 1. The standard InChI is InChI=1S/C28H41N3O5S2/c1-20-16-31(21(2)19-32)27(33)15-23-14-24(29-38(34,35)28-10-7-13-37-28)11-12-25(23)36-26(20)18-30(3)17-22-8-5-4-6-9-22/h7,10-14,20-22,26,29,32H,4-6,8-9,15-19H2,1-3H3/t20-,21+,26-/m0/s1. The first kappa shape index (κ1) is 28.9. The van der Waals surface area contributed by atoms with Gasteiger partial charge in [-0.15, -0.1) is 11.3 Å². The smallest absolute Gasteiger partial charge is 0.271 e. The van der Waals surface area contributed by atoms with Gasteiger partial charge in [-0.3, -0.25) is 9.52 Å². The van der Waals surface area contributed by atoms with Crippen LogP contribution in [-0.4, -0.2) is 74.7 Å². The fraction of sp³-hybridized carbons (Fsp3) is 0.607. The van der Waals surface area contributed by atoms with Gasteiger partial charge < -0.3 is 19.6 Å². The maximum atomic E-state index is 13.4. The predicted molar refractivity (Wildman–Crippen MR) is 151 cm³/mol. The second-order valence-corrected chi connectivity index (χ2v) is 13.8. The number of anilines is 1. The molecule has 0 unspecified atom stereocenters. The topological polar surface area (TPSA) is 99.2 Å². The molecule has 0 spiro atoms. The maximum absolute atomic E-state index is 13.4. The number of thiophene rings is 1. The van der Waals surface area contributed by atoms with Crippen LogP contribution in [-0.2, 0) is 21.2 Å². The second kappa shape index (κ2) is 12.8. The average molecular weight is 564 g/mol. The molecule has 8 nitrogen and oxygen atoms in total. The lowest BCUT2D eigenvalue weighted by Crippen LogP contribution is -2.48. The van der Waals surface area contributed by atoms with Crippen molar-refractivity contribution in [1.82, 2.24) is 9.80 Å². The summed E-state index contributed by atoms with van der Waals surface area (Å²) in [6.07, 6.45) is 6.37. The number of aliphatic hydroxyl groups excluding tert-OH is 1. The Labute approximate surface area is 231 Å². The van der Waals surface area contributed by atoms with Crippen LogP contribution in [0.15, 0.2) is 39.9 Å². The number of sulfonamides is 1. The molecule has 0 saturated heterocycles. The van der Waals surface area contributed by atoms with Crippen molar-refractivity contribution < 1.29 is 23.1 Å². The molecule has 210 valence electrons. The number of hydrogen-bond acceptors (Lipinski definition) is 7. The van der Waals surface area contributed by atoms with Gasteiger partial charge in [0.1, 0.15) is 16.1 Å². The lowest BCUT2D eigenvalue weighted by molar-refractivity contribution is -0.134. The van der Waals surface area contributed by atoms with Crippen LogP contribution < -0.4 is 9.46 Å². The number of nitrogens with one attached hydrogen (secondary N) is 1. The van der Waals surface area contributed by atoms with E-state index in [2.05, 4.69) is 23.6 Å². The zero-order chi connectivity index (χ0) is 27.3. The van der Waals surface area contributed by atoms with Crippen LogP contribution in [0.25, 0.3) is 0 Å². The Morgan fingerprint density at radius 1 is 1.21 bits per heavy atom. The van der Waals surface area contributed by atoms with Gasteiger partial charge in [0, 0.05) is 36.8 Å². The summed E-state index contributed by atoms with van der Waals surface area (Å²) in [4.78, 5) is 17.5. The highest BCUT2D eigenvalue weighted by atomic mass is 32.2. The third-order valence-electron chi connectivity index (χ3n) is 7.71. The number of carbonyl (C=O) groups is 1. The first-order valence-corrected chi connectivity index (χ1v) is 16.0. The molecular weight excluding hydrogens is 522 g/mol. The predicted octanol–water partition coefficient (Wildman–Crippen LogP) is 4.21. The Morgan fingerprint density at radius 3 is 2.66 bits per heavy atom. The Hall–Kier alpha value is -2.14. The first-order chi connectivity index (χ1) is 18.2. The van der Waals surface area contributed by atoms with Crippen molar-refractivity contribution in [3.63, 3.8) is 0 Å². The SMILES string of the molecule is C[C@H](CO)N1C[C@H](C)[C@H](CN(C)CC2CCCCC2)Oc2ccc(NS(=O)(=O)c3cccs3)cc2CC1=O. The van der Waals surface area contributed by atoms with Crippen molar-refractivity contribution >= 4 is 33.0 Å². The summed E-state index contributed by atoms with van der Waals surface area (Å²) in [5.74, 6) is 1.22. The molecule has 2 heterocycles. The van der Waals surface area contributed by atoms with E-state index in [4.69, 9.17) is 4.74 Å². The van der Waals surface area contributed by atoms with E-state index in [1.165, 1.54) is 32.1 Å². The molecule has 1 aromatic heterocycles. The summed E-state index contributed by atoms with van der Waals surface area (Å²) in [7, 11) is -1.58. The van der Waals surface area contributed by atoms with Crippen LogP contribution in [0.4, 0.5) is 5.69 Å². The highest BCUT2D eigenvalue weighted by Gasteiger charge is 2.31. The van der Waals surface area contributed by atoms with E-state index >= 15 is 0 Å². The van der Waals surface area contributed by atoms with Gasteiger partial charge >= 0.3 is 0 Å². The Balaban J connectivity index is 1.59. The summed E-state index contributed by atoms with van der Waals surface area (Å²) >= 11 is 1.15. The summed E-state index contributed by atoms with van der Waals surface area (Å²) in [6, 6.07) is 8.07. The molecular formula is C28H41N3O5S2. The largest absolute Gasteiger partial charge is 0.488 e. The van der Waals surface area contributed by atoms with E-state index in [0.717, 1.165) is 24.4 Å². The van der Waals surface area contributed by atoms with Crippen LogP contribution in [0.5, 0.6) is 5.75 Å². The van der Waals surface area contributed by atoms with Gasteiger partial charge in [-0.25, -0.2) is 8.42 Å². The molecule has 0 radical (unpaired) electrons. The first-order valence-electron chi connectivity index (χ1n) is 13.6. The van der Waals surface area contributed by atoms with E-state index in [0.29, 0.717) is 29.5 Å². The lowest BCUT2D eigenvalue weighted by atomic mass is 9.89. The Kier molecular flexibility index (Phi) is 9.73.